The average molecular weight is 395 g/mol. The van der Waals surface area contributed by atoms with Crippen molar-refractivity contribution in [1.29, 1.82) is 0 Å². The van der Waals surface area contributed by atoms with Crippen molar-refractivity contribution >= 4 is 18.4 Å². The molecule has 0 heterocycles. The van der Waals surface area contributed by atoms with Crippen LogP contribution in [0.4, 0.5) is 0 Å². The maximum Gasteiger partial charge on any atom is 0.136 e. The van der Waals surface area contributed by atoms with E-state index in [0.29, 0.717) is 31.5 Å². The SMILES string of the molecule is CCCC(C=O)C(C)(O)CC=C[C@H]1CCC(=O)[C@@H]1CCCCCC(C=O)CO. The van der Waals surface area contributed by atoms with Crippen molar-refractivity contribution in [3.63, 3.8) is 0 Å². The minimum absolute atomic E-state index is 0.0402. The number of carbonyl (C=O) groups excluding carboxylic acids is 3. The van der Waals surface area contributed by atoms with Crippen LogP contribution in [0.1, 0.15) is 78.1 Å². The predicted octanol–water partition coefficient (Wildman–Crippen LogP) is 3.65. The molecule has 0 bridgehead atoms. The van der Waals surface area contributed by atoms with Crippen LogP contribution in [0.3, 0.4) is 0 Å². The molecule has 1 aliphatic carbocycles. The topological polar surface area (TPSA) is 91.7 Å². The first kappa shape index (κ1) is 24.7. The Morgan fingerprint density at radius 3 is 2.54 bits per heavy atom. The molecule has 5 atom stereocenters. The molecule has 1 aliphatic rings. The Labute approximate surface area is 169 Å². The minimum atomic E-state index is -1.05. The van der Waals surface area contributed by atoms with Crippen LogP contribution in [-0.2, 0) is 14.4 Å². The number of aldehydes is 2. The van der Waals surface area contributed by atoms with Crippen molar-refractivity contribution in [1.82, 2.24) is 0 Å². The summed E-state index contributed by atoms with van der Waals surface area (Å²) in [6, 6.07) is 0. The molecule has 28 heavy (non-hydrogen) atoms. The van der Waals surface area contributed by atoms with Crippen LogP contribution < -0.4 is 0 Å². The number of carbonyl (C=O) groups is 3. The lowest BCUT2D eigenvalue weighted by molar-refractivity contribution is -0.121. The van der Waals surface area contributed by atoms with E-state index in [9.17, 15) is 19.5 Å². The molecule has 0 aliphatic heterocycles. The van der Waals surface area contributed by atoms with Gasteiger partial charge in [0.25, 0.3) is 0 Å². The average Bonchev–Trinajstić information content (AvgIpc) is 3.02. The number of hydrogen-bond acceptors (Lipinski definition) is 5. The molecule has 3 unspecified atom stereocenters. The number of hydrogen-bond donors (Lipinski definition) is 2. The fourth-order valence-electron chi connectivity index (χ4n) is 4.16. The molecule has 1 fully saturated rings. The van der Waals surface area contributed by atoms with Crippen LogP contribution in [0.25, 0.3) is 0 Å². The summed E-state index contributed by atoms with van der Waals surface area (Å²) in [5, 5.41) is 19.6. The highest BCUT2D eigenvalue weighted by Gasteiger charge is 2.33. The van der Waals surface area contributed by atoms with Gasteiger partial charge in [0.1, 0.15) is 18.4 Å². The standard InChI is InChI=1S/C23H38O5/c1-3-8-20(17-26)23(2,28)14-7-10-19-12-13-22(27)21(19)11-6-4-5-9-18(15-24)16-25/h7,10,15,17-21,25,28H,3-6,8-9,11-14,16H2,1-2H3/t18?,19-,20?,21+,23?/m0/s1. The summed E-state index contributed by atoms with van der Waals surface area (Å²) in [4.78, 5) is 34.2. The number of unbranched alkanes of at least 4 members (excludes halogenated alkanes) is 2. The summed E-state index contributed by atoms with van der Waals surface area (Å²) >= 11 is 0. The first-order valence-electron chi connectivity index (χ1n) is 10.8. The quantitative estimate of drug-likeness (QED) is 0.251. The number of Topliss-reactive ketones (excluding diaryl/α,β-unsaturated/α-hetero) is 1. The molecular formula is C23H38O5. The van der Waals surface area contributed by atoms with Crippen LogP contribution in [0.5, 0.6) is 0 Å². The van der Waals surface area contributed by atoms with Gasteiger partial charge in [-0.2, -0.15) is 0 Å². The molecule has 0 aromatic rings. The van der Waals surface area contributed by atoms with Crippen LogP contribution in [-0.4, -0.2) is 40.8 Å². The molecule has 2 N–H and O–H groups in total. The van der Waals surface area contributed by atoms with Crippen molar-refractivity contribution in [2.75, 3.05) is 6.61 Å². The molecule has 0 spiro atoms. The summed E-state index contributed by atoms with van der Waals surface area (Å²) in [6.45, 7) is 3.62. The van der Waals surface area contributed by atoms with E-state index in [1.54, 1.807) is 6.92 Å². The van der Waals surface area contributed by atoms with E-state index in [2.05, 4.69) is 6.08 Å². The van der Waals surface area contributed by atoms with Crippen molar-refractivity contribution in [3.8, 4) is 0 Å². The highest BCUT2D eigenvalue weighted by molar-refractivity contribution is 5.83. The van der Waals surface area contributed by atoms with E-state index >= 15 is 0 Å². The zero-order valence-electron chi connectivity index (χ0n) is 17.5. The Morgan fingerprint density at radius 1 is 1.18 bits per heavy atom. The maximum atomic E-state index is 12.2. The van der Waals surface area contributed by atoms with Gasteiger partial charge >= 0.3 is 0 Å². The third-order valence-corrected chi connectivity index (χ3v) is 6.15. The lowest BCUT2D eigenvalue weighted by Gasteiger charge is -2.28. The number of rotatable bonds is 15. The van der Waals surface area contributed by atoms with Crippen molar-refractivity contribution in [2.24, 2.45) is 23.7 Å². The summed E-state index contributed by atoms with van der Waals surface area (Å²) in [5.41, 5.74) is -1.05. The Kier molecular flexibility index (Phi) is 11.5. The van der Waals surface area contributed by atoms with Crippen LogP contribution in [0.2, 0.25) is 0 Å². The van der Waals surface area contributed by atoms with Gasteiger partial charge in [0.15, 0.2) is 0 Å². The zero-order valence-corrected chi connectivity index (χ0v) is 17.5. The number of aliphatic hydroxyl groups is 2. The second-order valence-corrected chi connectivity index (χ2v) is 8.51. The molecule has 1 rings (SSSR count). The lowest BCUT2D eigenvalue weighted by Crippen LogP contribution is -2.35. The van der Waals surface area contributed by atoms with Gasteiger partial charge in [-0.05, 0) is 44.9 Å². The van der Waals surface area contributed by atoms with E-state index in [4.69, 9.17) is 5.11 Å². The molecule has 1 saturated carbocycles. The first-order valence-corrected chi connectivity index (χ1v) is 10.8. The van der Waals surface area contributed by atoms with Gasteiger partial charge in [-0.25, -0.2) is 0 Å². The molecule has 0 aromatic heterocycles. The third kappa shape index (κ3) is 7.96. The van der Waals surface area contributed by atoms with Gasteiger partial charge < -0.3 is 19.8 Å². The molecule has 5 heteroatoms. The predicted molar refractivity (Wildman–Crippen MR) is 110 cm³/mol. The lowest BCUT2D eigenvalue weighted by atomic mass is 9.83. The van der Waals surface area contributed by atoms with Crippen molar-refractivity contribution < 1.29 is 24.6 Å². The van der Waals surface area contributed by atoms with E-state index in [0.717, 1.165) is 51.1 Å². The normalized spacial score (nSPS) is 24.2. The summed E-state index contributed by atoms with van der Waals surface area (Å²) in [7, 11) is 0. The largest absolute Gasteiger partial charge is 0.396 e. The molecular weight excluding hydrogens is 356 g/mol. The van der Waals surface area contributed by atoms with Gasteiger partial charge in [-0.15, -0.1) is 0 Å². The fraction of sp³-hybridized carbons (Fsp3) is 0.783. The summed E-state index contributed by atoms with van der Waals surface area (Å²) < 4.78 is 0. The molecule has 5 nitrogen and oxygen atoms in total. The Bertz CT molecular complexity index is 511. The Morgan fingerprint density at radius 2 is 1.93 bits per heavy atom. The molecule has 0 amide bonds. The number of aliphatic hydroxyl groups excluding tert-OH is 1. The molecule has 160 valence electrons. The van der Waals surface area contributed by atoms with E-state index < -0.39 is 5.60 Å². The van der Waals surface area contributed by atoms with Gasteiger partial charge in [0.2, 0.25) is 0 Å². The van der Waals surface area contributed by atoms with Gasteiger partial charge in [-0.1, -0.05) is 44.8 Å². The Balaban J connectivity index is 2.47. The second-order valence-electron chi connectivity index (χ2n) is 8.51. The summed E-state index contributed by atoms with van der Waals surface area (Å²) in [6.07, 6.45) is 13.4. The van der Waals surface area contributed by atoms with E-state index in [1.165, 1.54) is 0 Å². The van der Waals surface area contributed by atoms with Crippen molar-refractivity contribution in [2.45, 2.75) is 83.7 Å². The third-order valence-electron chi connectivity index (χ3n) is 6.15. The second kappa shape index (κ2) is 13.0. The van der Waals surface area contributed by atoms with E-state index in [1.807, 2.05) is 13.0 Å². The zero-order chi connectivity index (χ0) is 21.0. The molecule has 0 radical (unpaired) electrons. The van der Waals surface area contributed by atoms with Gasteiger partial charge in [0, 0.05) is 24.2 Å². The van der Waals surface area contributed by atoms with Gasteiger partial charge in [0.05, 0.1) is 12.2 Å². The van der Waals surface area contributed by atoms with E-state index in [-0.39, 0.29) is 30.3 Å². The van der Waals surface area contributed by atoms with Crippen LogP contribution in [0.15, 0.2) is 12.2 Å². The van der Waals surface area contributed by atoms with Crippen LogP contribution >= 0.6 is 0 Å². The highest BCUT2D eigenvalue weighted by Crippen LogP contribution is 2.34. The first-order chi connectivity index (χ1) is 13.4. The number of allylic oxidation sites excluding steroid dienone is 1. The smallest absolute Gasteiger partial charge is 0.136 e. The fourth-order valence-corrected chi connectivity index (χ4v) is 4.16. The monoisotopic (exact) mass is 394 g/mol. The number of ketones is 1. The van der Waals surface area contributed by atoms with Gasteiger partial charge in [-0.3, -0.25) is 4.79 Å². The van der Waals surface area contributed by atoms with Crippen LogP contribution in [0, 0.1) is 23.7 Å². The highest BCUT2D eigenvalue weighted by atomic mass is 16.3. The molecule has 0 aromatic carbocycles. The Hall–Kier alpha value is -1.33. The van der Waals surface area contributed by atoms with Crippen molar-refractivity contribution in [3.05, 3.63) is 12.2 Å². The summed E-state index contributed by atoms with van der Waals surface area (Å²) in [5.74, 6) is -0.0567. The molecule has 0 saturated heterocycles. The minimum Gasteiger partial charge on any atom is -0.396 e. The maximum absolute atomic E-state index is 12.2.